The first-order valence-electron chi connectivity index (χ1n) is 9.04. The van der Waals surface area contributed by atoms with Crippen molar-refractivity contribution in [3.8, 4) is 11.4 Å². The third kappa shape index (κ3) is 4.19. The standard InChI is InChI=1S/C22H25N3O2/c1-15-8-5-6-11-21(15)23-22(26)13-12-20-16(2)24-25(17(20)3)18-9-7-10-19(14-18)27-4/h5-11,14H,12-13H2,1-4H3,(H,23,26). The maximum absolute atomic E-state index is 12.4. The fraction of sp³-hybridized carbons (Fsp3) is 0.273. The molecular formula is C22H25N3O2. The molecule has 2 aromatic carbocycles. The summed E-state index contributed by atoms with van der Waals surface area (Å²) in [4.78, 5) is 12.4. The Hall–Kier alpha value is -3.08. The maximum atomic E-state index is 12.4. The number of nitrogens with zero attached hydrogens (tertiary/aromatic N) is 2. The molecule has 0 spiro atoms. The molecule has 0 bridgehead atoms. The molecule has 1 heterocycles. The van der Waals surface area contributed by atoms with Crippen molar-refractivity contribution < 1.29 is 9.53 Å². The van der Waals surface area contributed by atoms with E-state index in [4.69, 9.17) is 4.74 Å². The molecule has 1 aromatic heterocycles. The molecule has 0 atom stereocenters. The Morgan fingerprint density at radius 3 is 2.63 bits per heavy atom. The first-order chi connectivity index (χ1) is 13.0. The number of aromatic nitrogens is 2. The smallest absolute Gasteiger partial charge is 0.224 e. The highest BCUT2D eigenvalue weighted by Gasteiger charge is 2.15. The van der Waals surface area contributed by atoms with Gasteiger partial charge in [0.25, 0.3) is 0 Å². The molecule has 0 aliphatic rings. The van der Waals surface area contributed by atoms with Crippen molar-refractivity contribution in [2.75, 3.05) is 12.4 Å². The van der Waals surface area contributed by atoms with Gasteiger partial charge >= 0.3 is 0 Å². The molecule has 3 aromatic rings. The normalized spacial score (nSPS) is 10.7. The highest BCUT2D eigenvalue weighted by molar-refractivity contribution is 5.91. The Balaban J connectivity index is 1.73. The molecular weight excluding hydrogens is 338 g/mol. The Labute approximate surface area is 160 Å². The Bertz CT molecular complexity index is 960. The van der Waals surface area contributed by atoms with E-state index in [-0.39, 0.29) is 5.91 Å². The van der Waals surface area contributed by atoms with E-state index in [9.17, 15) is 4.79 Å². The number of rotatable bonds is 6. The summed E-state index contributed by atoms with van der Waals surface area (Å²) >= 11 is 0. The Kier molecular flexibility index (Phi) is 5.60. The van der Waals surface area contributed by atoms with Crippen LogP contribution in [0.2, 0.25) is 0 Å². The predicted octanol–water partition coefficient (Wildman–Crippen LogP) is 4.38. The average Bonchev–Trinajstić information content (AvgIpc) is 2.96. The van der Waals surface area contributed by atoms with Gasteiger partial charge in [-0.25, -0.2) is 4.68 Å². The molecule has 0 saturated carbocycles. The molecule has 0 radical (unpaired) electrons. The number of carbonyl (C=O) groups excluding carboxylic acids is 1. The van der Waals surface area contributed by atoms with Gasteiger partial charge in [-0.05, 0) is 56.5 Å². The molecule has 5 heteroatoms. The lowest BCUT2D eigenvalue weighted by atomic mass is 10.1. The first-order valence-corrected chi connectivity index (χ1v) is 9.04. The molecule has 1 amide bonds. The van der Waals surface area contributed by atoms with E-state index in [1.54, 1.807) is 7.11 Å². The van der Waals surface area contributed by atoms with Crippen LogP contribution in [-0.2, 0) is 11.2 Å². The molecule has 0 unspecified atom stereocenters. The van der Waals surface area contributed by atoms with Crippen LogP contribution in [0.15, 0.2) is 48.5 Å². The van der Waals surface area contributed by atoms with Crippen LogP contribution in [0.1, 0.15) is 28.9 Å². The topological polar surface area (TPSA) is 56.2 Å². The van der Waals surface area contributed by atoms with Crippen molar-refractivity contribution in [1.82, 2.24) is 9.78 Å². The van der Waals surface area contributed by atoms with Crippen molar-refractivity contribution in [2.24, 2.45) is 0 Å². The molecule has 0 fully saturated rings. The fourth-order valence-corrected chi connectivity index (χ4v) is 3.19. The largest absolute Gasteiger partial charge is 0.497 e. The number of carbonyl (C=O) groups is 1. The highest BCUT2D eigenvalue weighted by Crippen LogP contribution is 2.22. The van der Waals surface area contributed by atoms with E-state index in [1.165, 1.54) is 0 Å². The van der Waals surface area contributed by atoms with Crippen molar-refractivity contribution in [1.29, 1.82) is 0 Å². The number of benzene rings is 2. The van der Waals surface area contributed by atoms with Crippen molar-refractivity contribution >= 4 is 11.6 Å². The molecule has 5 nitrogen and oxygen atoms in total. The first kappa shape index (κ1) is 18.7. The van der Waals surface area contributed by atoms with Crippen LogP contribution in [0.4, 0.5) is 5.69 Å². The predicted molar refractivity (Wildman–Crippen MR) is 108 cm³/mol. The summed E-state index contributed by atoms with van der Waals surface area (Å²) in [6.07, 6.45) is 1.07. The summed E-state index contributed by atoms with van der Waals surface area (Å²) in [5.41, 5.74) is 5.97. The Morgan fingerprint density at radius 1 is 1.11 bits per heavy atom. The quantitative estimate of drug-likeness (QED) is 0.707. The van der Waals surface area contributed by atoms with Crippen LogP contribution in [0, 0.1) is 20.8 Å². The third-order valence-corrected chi connectivity index (χ3v) is 4.76. The summed E-state index contributed by atoms with van der Waals surface area (Å²) in [6, 6.07) is 15.6. The molecule has 3 rings (SSSR count). The zero-order valence-electron chi connectivity index (χ0n) is 16.2. The lowest BCUT2D eigenvalue weighted by Crippen LogP contribution is -2.13. The lowest BCUT2D eigenvalue weighted by molar-refractivity contribution is -0.116. The number of hydrogen-bond acceptors (Lipinski definition) is 3. The SMILES string of the molecule is COc1cccc(-n2nc(C)c(CCC(=O)Nc3ccccc3C)c2C)c1. The second kappa shape index (κ2) is 8.08. The van der Waals surface area contributed by atoms with Gasteiger partial charge in [-0.15, -0.1) is 0 Å². The Morgan fingerprint density at radius 2 is 1.89 bits per heavy atom. The van der Waals surface area contributed by atoms with Gasteiger partial charge in [-0.2, -0.15) is 5.10 Å². The second-order valence-electron chi connectivity index (χ2n) is 6.63. The number of nitrogens with one attached hydrogen (secondary N) is 1. The van der Waals surface area contributed by atoms with Crippen LogP contribution < -0.4 is 10.1 Å². The molecule has 0 aliphatic heterocycles. The fourth-order valence-electron chi connectivity index (χ4n) is 3.19. The van der Waals surface area contributed by atoms with Gasteiger partial charge in [0, 0.05) is 23.9 Å². The average molecular weight is 363 g/mol. The van der Waals surface area contributed by atoms with Gasteiger partial charge in [-0.3, -0.25) is 4.79 Å². The minimum atomic E-state index is 0.0113. The lowest BCUT2D eigenvalue weighted by Gasteiger charge is -2.09. The van der Waals surface area contributed by atoms with Gasteiger partial charge in [0.1, 0.15) is 5.75 Å². The molecule has 0 aliphatic carbocycles. The van der Waals surface area contributed by atoms with E-state index in [2.05, 4.69) is 10.4 Å². The minimum Gasteiger partial charge on any atom is -0.497 e. The van der Waals surface area contributed by atoms with Gasteiger partial charge < -0.3 is 10.1 Å². The summed E-state index contributed by atoms with van der Waals surface area (Å²) < 4.78 is 7.21. The van der Waals surface area contributed by atoms with Crippen molar-refractivity contribution in [2.45, 2.75) is 33.6 Å². The zero-order chi connectivity index (χ0) is 19.4. The summed E-state index contributed by atoms with van der Waals surface area (Å²) in [6.45, 7) is 6.01. The van der Waals surface area contributed by atoms with E-state index in [0.717, 1.165) is 39.6 Å². The van der Waals surface area contributed by atoms with Crippen LogP contribution >= 0.6 is 0 Å². The second-order valence-corrected chi connectivity index (χ2v) is 6.63. The summed E-state index contributed by atoms with van der Waals surface area (Å²) in [7, 11) is 1.65. The number of methoxy groups -OCH3 is 1. The van der Waals surface area contributed by atoms with Crippen LogP contribution in [-0.4, -0.2) is 22.8 Å². The number of hydrogen-bond donors (Lipinski definition) is 1. The number of ether oxygens (including phenoxy) is 1. The summed E-state index contributed by atoms with van der Waals surface area (Å²) in [5, 5.41) is 7.65. The van der Waals surface area contributed by atoms with E-state index >= 15 is 0 Å². The van der Waals surface area contributed by atoms with Gasteiger partial charge in [-0.1, -0.05) is 24.3 Å². The number of para-hydroxylation sites is 1. The molecule has 27 heavy (non-hydrogen) atoms. The van der Waals surface area contributed by atoms with Crippen LogP contribution in [0.5, 0.6) is 5.75 Å². The number of aryl methyl sites for hydroxylation is 2. The zero-order valence-corrected chi connectivity index (χ0v) is 16.2. The monoisotopic (exact) mass is 363 g/mol. The molecule has 140 valence electrons. The van der Waals surface area contributed by atoms with Crippen LogP contribution in [0.3, 0.4) is 0 Å². The highest BCUT2D eigenvalue weighted by atomic mass is 16.5. The van der Waals surface area contributed by atoms with Gasteiger partial charge in [0.05, 0.1) is 18.5 Å². The van der Waals surface area contributed by atoms with E-state index < -0.39 is 0 Å². The number of anilines is 1. The van der Waals surface area contributed by atoms with Crippen molar-refractivity contribution in [3.05, 3.63) is 71.0 Å². The van der Waals surface area contributed by atoms with E-state index in [0.29, 0.717) is 12.8 Å². The van der Waals surface area contributed by atoms with Gasteiger partial charge in [0.15, 0.2) is 0 Å². The summed E-state index contributed by atoms with van der Waals surface area (Å²) in [5.74, 6) is 0.802. The van der Waals surface area contributed by atoms with Crippen LogP contribution in [0.25, 0.3) is 5.69 Å². The number of amides is 1. The third-order valence-electron chi connectivity index (χ3n) is 4.76. The van der Waals surface area contributed by atoms with E-state index in [1.807, 2.05) is 74.0 Å². The molecule has 1 N–H and O–H groups in total. The molecule has 0 saturated heterocycles. The van der Waals surface area contributed by atoms with Crippen molar-refractivity contribution in [3.63, 3.8) is 0 Å². The minimum absolute atomic E-state index is 0.0113. The maximum Gasteiger partial charge on any atom is 0.224 e. The van der Waals surface area contributed by atoms with Gasteiger partial charge in [0.2, 0.25) is 5.91 Å².